The molecule has 2 aromatic carbocycles. The van der Waals surface area contributed by atoms with E-state index >= 15 is 0 Å². The van der Waals surface area contributed by atoms with E-state index in [1.54, 1.807) is 36.4 Å². The summed E-state index contributed by atoms with van der Waals surface area (Å²) in [5.41, 5.74) is 1.54. The summed E-state index contributed by atoms with van der Waals surface area (Å²) < 4.78 is 5.40. The number of quaternary nitrogens is 1. The van der Waals surface area contributed by atoms with Crippen LogP contribution in [0.25, 0.3) is 0 Å². The summed E-state index contributed by atoms with van der Waals surface area (Å²) in [5.74, 6) is 0.338. The van der Waals surface area contributed by atoms with Gasteiger partial charge in [-0.15, -0.1) is 0 Å². The van der Waals surface area contributed by atoms with E-state index in [1.807, 2.05) is 18.3 Å². The first-order valence-corrected chi connectivity index (χ1v) is 9.62. The molecule has 1 fully saturated rings. The van der Waals surface area contributed by atoms with Crippen molar-refractivity contribution in [2.24, 2.45) is 0 Å². The SMILES string of the molecule is CCOc1ccc(N2C(=O)C[C@H]([NH2+]CCc3ccc(Cl)cc3Cl)C2=O)cc1. The fourth-order valence-corrected chi connectivity index (χ4v) is 3.64. The first-order chi connectivity index (χ1) is 13.0. The largest absolute Gasteiger partial charge is 0.494 e. The molecule has 0 aromatic heterocycles. The number of benzene rings is 2. The average Bonchev–Trinajstić information content (AvgIpc) is 2.92. The number of rotatable bonds is 7. The number of amides is 2. The molecule has 0 aliphatic carbocycles. The maximum absolute atomic E-state index is 12.7. The maximum atomic E-state index is 12.7. The van der Waals surface area contributed by atoms with Gasteiger partial charge in [0.15, 0.2) is 6.04 Å². The van der Waals surface area contributed by atoms with Crippen LogP contribution in [0.4, 0.5) is 5.69 Å². The van der Waals surface area contributed by atoms with Gasteiger partial charge in [-0.2, -0.15) is 0 Å². The van der Waals surface area contributed by atoms with Crippen molar-refractivity contribution >= 4 is 40.7 Å². The predicted octanol–water partition coefficient (Wildman–Crippen LogP) is 2.83. The quantitative estimate of drug-likeness (QED) is 0.717. The zero-order valence-corrected chi connectivity index (χ0v) is 16.5. The molecule has 1 saturated heterocycles. The Morgan fingerprint density at radius 2 is 1.89 bits per heavy atom. The molecule has 5 nitrogen and oxygen atoms in total. The number of halogens is 2. The van der Waals surface area contributed by atoms with E-state index in [-0.39, 0.29) is 18.2 Å². The Kier molecular flexibility index (Phi) is 6.37. The minimum absolute atomic E-state index is 0.185. The Bertz CT molecular complexity index is 840. The molecule has 2 N–H and O–H groups in total. The Morgan fingerprint density at radius 1 is 1.15 bits per heavy atom. The molecule has 0 radical (unpaired) electrons. The molecule has 27 heavy (non-hydrogen) atoms. The molecule has 1 heterocycles. The van der Waals surface area contributed by atoms with Gasteiger partial charge in [0, 0.05) is 16.5 Å². The van der Waals surface area contributed by atoms with Gasteiger partial charge >= 0.3 is 0 Å². The molecular formula is C20H21Cl2N2O3+. The summed E-state index contributed by atoms with van der Waals surface area (Å²) in [6.07, 6.45) is 0.886. The van der Waals surface area contributed by atoms with E-state index in [2.05, 4.69) is 0 Å². The van der Waals surface area contributed by atoms with Gasteiger partial charge in [-0.05, 0) is 48.9 Å². The van der Waals surface area contributed by atoms with Crippen molar-refractivity contribution in [2.75, 3.05) is 18.1 Å². The van der Waals surface area contributed by atoms with E-state index in [0.29, 0.717) is 41.1 Å². The van der Waals surface area contributed by atoms with E-state index in [4.69, 9.17) is 27.9 Å². The van der Waals surface area contributed by atoms with Crippen molar-refractivity contribution in [1.82, 2.24) is 0 Å². The Hall–Kier alpha value is -2.08. The summed E-state index contributed by atoms with van der Waals surface area (Å²) in [7, 11) is 0. The van der Waals surface area contributed by atoms with E-state index in [9.17, 15) is 9.59 Å². The highest BCUT2D eigenvalue weighted by Crippen LogP contribution is 2.24. The molecule has 0 bridgehead atoms. The lowest BCUT2D eigenvalue weighted by Gasteiger charge is -2.15. The molecule has 1 atom stereocenters. The van der Waals surface area contributed by atoms with Crippen molar-refractivity contribution < 1.29 is 19.6 Å². The number of nitrogens with zero attached hydrogens (tertiary/aromatic N) is 1. The second-order valence-electron chi connectivity index (χ2n) is 6.32. The van der Waals surface area contributed by atoms with Gasteiger partial charge in [0.25, 0.3) is 5.91 Å². The first kappa shape index (κ1) is 19.7. The first-order valence-electron chi connectivity index (χ1n) is 8.86. The normalized spacial score (nSPS) is 16.9. The van der Waals surface area contributed by atoms with Crippen LogP contribution in [0.3, 0.4) is 0 Å². The summed E-state index contributed by atoms with van der Waals surface area (Å²) in [5, 5.41) is 3.11. The number of imide groups is 1. The van der Waals surface area contributed by atoms with Gasteiger partial charge in [0.2, 0.25) is 5.91 Å². The number of carbonyl (C=O) groups is 2. The van der Waals surface area contributed by atoms with Crippen molar-refractivity contribution in [2.45, 2.75) is 25.8 Å². The van der Waals surface area contributed by atoms with Crippen LogP contribution < -0.4 is 15.0 Å². The van der Waals surface area contributed by atoms with Crippen LogP contribution in [0.5, 0.6) is 5.75 Å². The highest BCUT2D eigenvalue weighted by molar-refractivity contribution is 6.35. The minimum Gasteiger partial charge on any atom is -0.494 e. The van der Waals surface area contributed by atoms with Gasteiger partial charge in [0.05, 0.1) is 25.3 Å². The van der Waals surface area contributed by atoms with Crippen LogP contribution in [0.1, 0.15) is 18.9 Å². The van der Waals surface area contributed by atoms with Crippen molar-refractivity contribution in [3.63, 3.8) is 0 Å². The number of hydrogen-bond acceptors (Lipinski definition) is 3. The Balaban J connectivity index is 1.60. The third kappa shape index (κ3) is 4.61. The zero-order valence-electron chi connectivity index (χ0n) is 15.0. The maximum Gasteiger partial charge on any atom is 0.292 e. The highest BCUT2D eigenvalue weighted by atomic mass is 35.5. The van der Waals surface area contributed by atoms with Crippen LogP contribution in [0.2, 0.25) is 10.0 Å². The second kappa shape index (κ2) is 8.74. The standard InChI is InChI=1S/C20H20Cl2N2O3/c1-2-27-16-7-5-15(6-8-16)24-19(25)12-18(20(24)26)23-10-9-13-3-4-14(21)11-17(13)22/h3-8,11,18,23H,2,9-10,12H2,1H3/p+1/t18-/m0/s1. The lowest BCUT2D eigenvalue weighted by Crippen LogP contribution is -2.92. The number of anilines is 1. The number of hydrogen-bond donors (Lipinski definition) is 1. The molecule has 0 unspecified atom stereocenters. The topological polar surface area (TPSA) is 63.2 Å². The van der Waals surface area contributed by atoms with Crippen molar-refractivity contribution in [3.05, 3.63) is 58.1 Å². The van der Waals surface area contributed by atoms with E-state index in [1.165, 1.54) is 4.90 Å². The predicted molar refractivity (Wildman–Crippen MR) is 105 cm³/mol. The molecule has 0 saturated carbocycles. The summed E-state index contributed by atoms with van der Waals surface area (Å²) in [6, 6.07) is 12.0. The summed E-state index contributed by atoms with van der Waals surface area (Å²) in [4.78, 5) is 26.3. The highest BCUT2D eigenvalue weighted by Gasteiger charge is 2.42. The number of ether oxygens (including phenoxy) is 1. The average molecular weight is 408 g/mol. The van der Waals surface area contributed by atoms with Crippen molar-refractivity contribution in [1.29, 1.82) is 0 Å². The van der Waals surface area contributed by atoms with Crippen molar-refractivity contribution in [3.8, 4) is 5.75 Å². The lowest BCUT2D eigenvalue weighted by atomic mass is 10.1. The molecule has 2 amide bonds. The molecule has 142 valence electrons. The molecule has 2 aromatic rings. The third-order valence-electron chi connectivity index (χ3n) is 4.47. The second-order valence-corrected chi connectivity index (χ2v) is 7.16. The van der Waals surface area contributed by atoms with Crippen LogP contribution in [0, 0.1) is 0 Å². The smallest absolute Gasteiger partial charge is 0.292 e. The Labute approximate surface area is 168 Å². The van der Waals surface area contributed by atoms with Crippen LogP contribution in [-0.2, 0) is 16.0 Å². The monoisotopic (exact) mass is 407 g/mol. The van der Waals surface area contributed by atoms with Crippen LogP contribution >= 0.6 is 23.2 Å². The van der Waals surface area contributed by atoms with Gasteiger partial charge in [-0.25, -0.2) is 4.90 Å². The summed E-state index contributed by atoms with van der Waals surface area (Å²) >= 11 is 12.1. The third-order valence-corrected chi connectivity index (χ3v) is 5.05. The molecule has 3 rings (SSSR count). The van der Waals surface area contributed by atoms with Gasteiger partial charge < -0.3 is 10.1 Å². The van der Waals surface area contributed by atoms with E-state index in [0.717, 1.165) is 5.56 Å². The van der Waals surface area contributed by atoms with E-state index < -0.39 is 6.04 Å². The molecule has 1 aliphatic rings. The molecule has 0 spiro atoms. The summed E-state index contributed by atoms with van der Waals surface area (Å²) in [6.45, 7) is 3.12. The number of nitrogens with two attached hydrogens (primary N) is 1. The van der Waals surface area contributed by atoms with Gasteiger partial charge in [-0.3, -0.25) is 9.59 Å². The molecule has 7 heteroatoms. The van der Waals surface area contributed by atoms with Crippen LogP contribution in [-0.4, -0.2) is 31.0 Å². The fourth-order valence-electron chi connectivity index (χ4n) is 3.13. The van der Waals surface area contributed by atoms with Crippen LogP contribution in [0.15, 0.2) is 42.5 Å². The minimum atomic E-state index is -0.407. The van der Waals surface area contributed by atoms with Gasteiger partial charge in [-0.1, -0.05) is 29.3 Å². The lowest BCUT2D eigenvalue weighted by molar-refractivity contribution is -0.674. The molecule has 1 aliphatic heterocycles. The molecular weight excluding hydrogens is 387 g/mol. The fraction of sp³-hybridized carbons (Fsp3) is 0.300. The zero-order chi connectivity index (χ0) is 19.4. The Morgan fingerprint density at radius 3 is 2.56 bits per heavy atom. The number of carbonyl (C=O) groups excluding carboxylic acids is 2. The van der Waals surface area contributed by atoms with Gasteiger partial charge in [0.1, 0.15) is 5.75 Å².